The fourth-order valence-electron chi connectivity index (χ4n) is 1.58. The molecule has 6 heteroatoms. The van der Waals surface area contributed by atoms with Crippen LogP contribution in [-0.2, 0) is 9.59 Å². The van der Waals surface area contributed by atoms with E-state index >= 15 is 0 Å². The largest absolute Gasteiger partial charge is 0.480 e. The van der Waals surface area contributed by atoms with Crippen LogP contribution in [0.25, 0.3) is 0 Å². The number of benzene rings is 1. The molecule has 1 rings (SSSR count). The average Bonchev–Trinajstić information content (AvgIpc) is 2.43. The number of thioether (sulfide) groups is 1. The van der Waals surface area contributed by atoms with Crippen LogP contribution in [0.1, 0.15) is 20.3 Å². The maximum absolute atomic E-state index is 11.8. The molecule has 0 spiro atoms. The number of carbonyl (C=O) groups is 2. The Morgan fingerprint density at radius 3 is 2.45 bits per heavy atom. The molecule has 0 aliphatic heterocycles. The zero-order chi connectivity index (χ0) is 15.1. The summed E-state index contributed by atoms with van der Waals surface area (Å²) in [5.74, 6) is -1.12. The van der Waals surface area contributed by atoms with Crippen LogP contribution >= 0.6 is 27.7 Å². The van der Waals surface area contributed by atoms with E-state index in [0.717, 1.165) is 9.37 Å². The molecule has 0 saturated carbocycles. The molecule has 1 amide bonds. The lowest BCUT2D eigenvalue weighted by atomic mass is 9.99. The highest BCUT2D eigenvalue weighted by Crippen LogP contribution is 2.20. The van der Waals surface area contributed by atoms with E-state index in [2.05, 4.69) is 21.2 Å². The predicted molar refractivity (Wildman–Crippen MR) is 83.9 cm³/mol. The molecule has 0 aliphatic carbocycles. The number of carboxylic acid groups (broad SMARTS) is 1. The molecule has 0 saturated heterocycles. The average molecular weight is 360 g/mol. The summed E-state index contributed by atoms with van der Waals surface area (Å²) in [4.78, 5) is 23.9. The van der Waals surface area contributed by atoms with Gasteiger partial charge in [-0.2, -0.15) is 0 Å². The highest BCUT2D eigenvalue weighted by atomic mass is 79.9. The molecule has 20 heavy (non-hydrogen) atoms. The summed E-state index contributed by atoms with van der Waals surface area (Å²) in [6.45, 7) is 3.73. The highest BCUT2D eigenvalue weighted by Gasteiger charge is 2.25. The van der Waals surface area contributed by atoms with Crippen molar-refractivity contribution in [2.24, 2.45) is 5.92 Å². The summed E-state index contributed by atoms with van der Waals surface area (Å²) in [6.07, 6.45) is 0.705. The molecule has 2 N–H and O–H groups in total. The third-order valence-electron chi connectivity index (χ3n) is 2.98. The highest BCUT2D eigenvalue weighted by molar-refractivity contribution is 9.10. The molecule has 1 unspecified atom stereocenters. The van der Waals surface area contributed by atoms with Gasteiger partial charge < -0.3 is 10.4 Å². The maximum Gasteiger partial charge on any atom is 0.326 e. The van der Waals surface area contributed by atoms with E-state index in [1.54, 1.807) is 0 Å². The van der Waals surface area contributed by atoms with Gasteiger partial charge in [0.25, 0.3) is 0 Å². The summed E-state index contributed by atoms with van der Waals surface area (Å²) in [5, 5.41) is 11.7. The molecular weight excluding hydrogens is 342 g/mol. The Labute approximate surface area is 131 Å². The molecule has 0 aromatic heterocycles. The summed E-state index contributed by atoms with van der Waals surface area (Å²) in [6, 6.07) is 6.80. The van der Waals surface area contributed by atoms with E-state index in [4.69, 9.17) is 5.11 Å². The minimum atomic E-state index is -0.985. The van der Waals surface area contributed by atoms with E-state index in [1.807, 2.05) is 38.1 Å². The van der Waals surface area contributed by atoms with Gasteiger partial charge in [-0.1, -0.05) is 36.2 Å². The van der Waals surface area contributed by atoms with E-state index in [1.165, 1.54) is 11.8 Å². The summed E-state index contributed by atoms with van der Waals surface area (Å²) >= 11 is 4.73. The third kappa shape index (κ3) is 5.54. The first-order valence-corrected chi connectivity index (χ1v) is 8.12. The normalized spacial score (nSPS) is 13.6. The fraction of sp³-hybridized carbons (Fsp3) is 0.429. The van der Waals surface area contributed by atoms with E-state index < -0.39 is 12.0 Å². The Balaban J connectivity index is 2.49. The van der Waals surface area contributed by atoms with Gasteiger partial charge in [-0.15, -0.1) is 11.8 Å². The number of aliphatic carboxylic acids is 1. The van der Waals surface area contributed by atoms with Gasteiger partial charge in [0, 0.05) is 9.37 Å². The third-order valence-corrected chi connectivity index (χ3v) is 4.52. The Hall–Kier alpha value is -1.01. The van der Waals surface area contributed by atoms with Crippen LogP contribution in [-0.4, -0.2) is 28.8 Å². The molecule has 1 aromatic rings. The molecule has 0 fully saturated rings. The van der Waals surface area contributed by atoms with Gasteiger partial charge in [0.2, 0.25) is 5.91 Å². The van der Waals surface area contributed by atoms with Crippen LogP contribution < -0.4 is 5.32 Å². The zero-order valence-corrected chi connectivity index (χ0v) is 13.8. The van der Waals surface area contributed by atoms with Crippen LogP contribution in [0.15, 0.2) is 33.6 Å². The topological polar surface area (TPSA) is 66.4 Å². The number of carbonyl (C=O) groups excluding carboxylic acids is 1. The molecule has 0 bridgehead atoms. The van der Waals surface area contributed by atoms with Gasteiger partial charge in [-0.05, 0) is 30.2 Å². The number of hydrogen-bond donors (Lipinski definition) is 2. The number of hydrogen-bond acceptors (Lipinski definition) is 3. The van der Waals surface area contributed by atoms with Crippen molar-refractivity contribution in [3.05, 3.63) is 28.7 Å². The van der Waals surface area contributed by atoms with Crippen LogP contribution in [0, 0.1) is 5.92 Å². The van der Waals surface area contributed by atoms with Crippen molar-refractivity contribution in [1.29, 1.82) is 0 Å². The second kappa shape index (κ2) is 8.32. The van der Waals surface area contributed by atoms with Crippen molar-refractivity contribution in [2.45, 2.75) is 31.2 Å². The van der Waals surface area contributed by atoms with Gasteiger partial charge in [-0.25, -0.2) is 4.79 Å². The first kappa shape index (κ1) is 17.0. The molecule has 0 radical (unpaired) electrons. The molecule has 0 heterocycles. The van der Waals surface area contributed by atoms with Gasteiger partial charge in [-0.3, -0.25) is 4.79 Å². The SMILES string of the molecule is CCC(C)[C@H](NC(=O)CSc1ccc(Br)cc1)C(=O)O. The molecule has 1 aromatic carbocycles. The number of halogens is 1. The van der Waals surface area contributed by atoms with Gasteiger partial charge in [0.1, 0.15) is 6.04 Å². The van der Waals surface area contributed by atoms with Gasteiger partial charge in [0.05, 0.1) is 5.75 Å². The Bertz CT molecular complexity index is 464. The monoisotopic (exact) mass is 359 g/mol. The van der Waals surface area contributed by atoms with Crippen LogP contribution in [0.5, 0.6) is 0 Å². The first-order valence-electron chi connectivity index (χ1n) is 6.34. The molecule has 2 atom stereocenters. The lowest BCUT2D eigenvalue weighted by Gasteiger charge is -2.19. The fourth-order valence-corrected chi connectivity index (χ4v) is 2.55. The summed E-state index contributed by atoms with van der Waals surface area (Å²) < 4.78 is 0.981. The Morgan fingerprint density at radius 1 is 1.35 bits per heavy atom. The van der Waals surface area contributed by atoms with Crippen LogP contribution in [0.2, 0.25) is 0 Å². The van der Waals surface area contributed by atoms with Crippen molar-refractivity contribution < 1.29 is 14.7 Å². The molecule has 0 aliphatic rings. The van der Waals surface area contributed by atoms with E-state index in [-0.39, 0.29) is 17.6 Å². The quantitative estimate of drug-likeness (QED) is 0.733. The van der Waals surface area contributed by atoms with Crippen LogP contribution in [0.3, 0.4) is 0 Å². The predicted octanol–water partition coefficient (Wildman–Crippen LogP) is 3.16. The lowest BCUT2D eigenvalue weighted by Crippen LogP contribution is -2.45. The summed E-state index contributed by atoms with van der Waals surface area (Å²) in [5.41, 5.74) is 0. The molecule has 110 valence electrons. The van der Waals surface area contributed by atoms with Gasteiger partial charge >= 0.3 is 5.97 Å². The minimum absolute atomic E-state index is 0.0888. The number of rotatable bonds is 7. The lowest BCUT2D eigenvalue weighted by molar-refractivity contribution is -0.143. The standard InChI is InChI=1S/C14H18BrNO3S/c1-3-9(2)13(14(18)19)16-12(17)8-20-11-6-4-10(15)5-7-11/h4-7,9,13H,3,8H2,1-2H3,(H,16,17)(H,18,19)/t9?,13-/m0/s1. The molecule has 4 nitrogen and oxygen atoms in total. The summed E-state index contributed by atoms with van der Waals surface area (Å²) in [7, 11) is 0. The van der Waals surface area contributed by atoms with Crippen molar-refractivity contribution in [3.8, 4) is 0 Å². The smallest absolute Gasteiger partial charge is 0.326 e. The zero-order valence-electron chi connectivity index (χ0n) is 11.4. The maximum atomic E-state index is 11.8. The van der Waals surface area contributed by atoms with Crippen molar-refractivity contribution in [1.82, 2.24) is 5.32 Å². The number of carboxylic acids is 1. The van der Waals surface area contributed by atoms with Crippen molar-refractivity contribution in [2.75, 3.05) is 5.75 Å². The first-order chi connectivity index (χ1) is 9.43. The van der Waals surface area contributed by atoms with Crippen molar-refractivity contribution >= 4 is 39.6 Å². The van der Waals surface area contributed by atoms with E-state index in [9.17, 15) is 9.59 Å². The molecular formula is C14H18BrNO3S. The number of amides is 1. The van der Waals surface area contributed by atoms with E-state index in [0.29, 0.717) is 6.42 Å². The Kier molecular flexibility index (Phi) is 7.09. The van der Waals surface area contributed by atoms with Crippen LogP contribution in [0.4, 0.5) is 0 Å². The number of nitrogens with one attached hydrogen (secondary N) is 1. The minimum Gasteiger partial charge on any atom is -0.480 e. The second-order valence-corrected chi connectivity index (χ2v) is 6.48. The Morgan fingerprint density at radius 2 is 1.95 bits per heavy atom. The second-order valence-electron chi connectivity index (χ2n) is 4.51. The van der Waals surface area contributed by atoms with Crippen molar-refractivity contribution in [3.63, 3.8) is 0 Å². The van der Waals surface area contributed by atoms with Gasteiger partial charge in [0.15, 0.2) is 0 Å².